The van der Waals surface area contributed by atoms with Gasteiger partial charge < -0.3 is 30.5 Å². The van der Waals surface area contributed by atoms with Gasteiger partial charge in [-0.3, -0.25) is 4.79 Å². The third kappa shape index (κ3) is 6.55. The number of carbonyl (C=O) groups excluding carboxylic acids is 2. The van der Waals surface area contributed by atoms with Crippen molar-refractivity contribution in [2.24, 2.45) is 17.5 Å². The zero-order chi connectivity index (χ0) is 28.3. The van der Waals surface area contributed by atoms with Crippen molar-refractivity contribution in [3.63, 3.8) is 0 Å². The van der Waals surface area contributed by atoms with Crippen LogP contribution in [0.2, 0.25) is 0 Å². The first kappa shape index (κ1) is 29.2. The zero-order valence-corrected chi connectivity index (χ0v) is 23.7. The first-order valence-electron chi connectivity index (χ1n) is 13.1. The first-order valence-corrected chi connectivity index (χ1v) is 13.1. The molecule has 0 saturated heterocycles. The lowest BCUT2D eigenvalue weighted by molar-refractivity contribution is -0.132. The number of hydrazine groups is 1. The van der Waals surface area contributed by atoms with E-state index in [9.17, 15) is 9.59 Å². The van der Waals surface area contributed by atoms with E-state index in [1.807, 2.05) is 77.9 Å². The fourth-order valence-electron chi connectivity index (χ4n) is 4.57. The van der Waals surface area contributed by atoms with Crippen LogP contribution in [0.1, 0.15) is 64.7 Å². The van der Waals surface area contributed by atoms with E-state index in [0.717, 1.165) is 34.4 Å². The Morgan fingerprint density at radius 2 is 1.71 bits per heavy atom. The molecule has 1 aliphatic heterocycles. The first-order chi connectivity index (χ1) is 17.8. The number of ether oxygens (including phenoxy) is 1. The summed E-state index contributed by atoms with van der Waals surface area (Å²) in [5.41, 5.74) is 10.8. The number of hydrogen-bond donors (Lipinski definition) is 3. The van der Waals surface area contributed by atoms with E-state index < -0.39 is 17.2 Å². The SMILES string of the molecule is CC(C)C(C=O)NC(=O)CC(C)(C)OCC(C)(C)N(N)/C1=C(\N)c2ccccc2N(C)Cc2ccccc21. The zero-order valence-electron chi connectivity index (χ0n) is 23.7. The van der Waals surface area contributed by atoms with Crippen molar-refractivity contribution in [1.29, 1.82) is 0 Å². The lowest BCUT2D eigenvalue weighted by Gasteiger charge is -2.42. The molecule has 1 atom stereocenters. The molecule has 1 heterocycles. The van der Waals surface area contributed by atoms with Gasteiger partial charge in [0.1, 0.15) is 6.29 Å². The number of carbonyl (C=O) groups is 2. The number of amides is 1. The van der Waals surface area contributed by atoms with E-state index in [1.165, 1.54) is 0 Å². The highest BCUT2D eigenvalue weighted by atomic mass is 16.5. The lowest BCUT2D eigenvalue weighted by Crippen LogP contribution is -2.53. The largest absolute Gasteiger partial charge is 0.396 e. The Kier molecular flexibility index (Phi) is 8.90. The third-order valence-electron chi connectivity index (χ3n) is 7.03. The summed E-state index contributed by atoms with van der Waals surface area (Å²) in [7, 11) is 2.06. The highest BCUT2D eigenvalue weighted by Crippen LogP contribution is 2.38. The maximum absolute atomic E-state index is 12.6. The van der Waals surface area contributed by atoms with Crippen LogP contribution in [0.25, 0.3) is 11.4 Å². The molecular formula is C30H43N5O3. The summed E-state index contributed by atoms with van der Waals surface area (Å²) in [5.74, 6) is 6.66. The molecule has 3 rings (SSSR count). The van der Waals surface area contributed by atoms with Crippen LogP contribution in [-0.4, -0.2) is 48.0 Å². The predicted molar refractivity (Wildman–Crippen MR) is 154 cm³/mol. The number of nitrogens with one attached hydrogen (secondary N) is 1. The summed E-state index contributed by atoms with van der Waals surface area (Å²) in [6.07, 6.45) is 0.880. The third-order valence-corrected chi connectivity index (χ3v) is 7.03. The Morgan fingerprint density at radius 1 is 1.11 bits per heavy atom. The molecule has 5 N–H and O–H groups in total. The average molecular weight is 522 g/mol. The van der Waals surface area contributed by atoms with Crippen LogP contribution < -0.4 is 21.8 Å². The molecule has 8 nitrogen and oxygen atoms in total. The van der Waals surface area contributed by atoms with Crippen molar-refractivity contribution in [3.05, 3.63) is 65.2 Å². The number of nitrogens with two attached hydrogens (primary N) is 2. The van der Waals surface area contributed by atoms with Gasteiger partial charge in [-0.05, 0) is 45.2 Å². The van der Waals surface area contributed by atoms with Gasteiger partial charge in [0.2, 0.25) is 5.91 Å². The van der Waals surface area contributed by atoms with Gasteiger partial charge in [0.15, 0.2) is 0 Å². The van der Waals surface area contributed by atoms with Crippen LogP contribution >= 0.6 is 0 Å². The quantitative estimate of drug-likeness (QED) is 0.247. The van der Waals surface area contributed by atoms with E-state index in [4.69, 9.17) is 16.3 Å². The van der Waals surface area contributed by atoms with Crippen molar-refractivity contribution in [1.82, 2.24) is 10.3 Å². The molecule has 0 aliphatic carbocycles. The molecule has 206 valence electrons. The second-order valence-corrected chi connectivity index (χ2v) is 11.7. The number of benzene rings is 2. The Morgan fingerprint density at radius 3 is 2.34 bits per heavy atom. The molecule has 1 unspecified atom stereocenters. The maximum atomic E-state index is 12.6. The van der Waals surface area contributed by atoms with E-state index in [2.05, 4.69) is 29.4 Å². The second kappa shape index (κ2) is 11.6. The van der Waals surface area contributed by atoms with Crippen molar-refractivity contribution < 1.29 is 14.3 Å². The normalized spacial score (nSPS) is 16.7. The topological polar surface area (TPSA) is 114 Å². The van der Waals surface area contributed by atoms with Gasteiger partial charge in [-0.15, -0.1) is 0 Å². The fourth-order valence-corrected chi connectivity index (χ4v) is 4.57. The number of nitrogens with zero attached hydrogens (tertiary/aromatic N) is 2. The van der Waals surface area contributed by atoms with Gasteiger partial charge in [-0.1, -0.05) is 56.3 Å². The Labute approximate surface area is 227 Å². The molecule has 0 bridgehead atoms. The second-order valence-electron chi connectivity index (χ2n) is 11.7. The average Bonchev–Trinajstić information content (AvgIpc) is 2.86. The number of fused-ring (bicyclic) bond motifs is 2. The molecule has 1 aliphatic rings. The molecule has 0 saturated carbocycles. The number of anilines is 1. The van der Waals surface area contributed by atoms with Gasteiger partial charge in [-0.2, -0.15) is 0 Å². The molecular weight excluding hydrogens is 478 g/mol. The molecule has 2 aromatic rings. The van der Waals surface area contributed by atoms with E-state index in [1.54, 1.807) is 5.01 Å². The van der Waals surface area contributed by atoms with Crippen LogP contribution in [0.15, 0.2) is 48.5 Å². The van der Waals surface area contributed by atoms with Crippen molar-refractivity contribution >= 4 is 29.3 Å². The number of rotatable bonds is 10. The van der Waals surface area contributed by atoms with E-state index >= 15 is 0 Å². The Hall–Kier alpha value is -3.36. The monoisotopic (exact) mass is 521 g/mol. The molecule has 0 spiro atoms. The van der Waals surface area contributed by atoms with Gasteiger partial charge in [0.05, 0.1) is 41.6 Å². The lowest BCUT2D eigenvalue weighted by atomic mass is 9.93. The summed E-state index contributed by atoms with van der Waals surface area (Å²) >= 11 is 0. The standard InChI is InChI=1S/C30H43N5O3/c1-20(2)24(18-36)33-26(37)16-30(5,6)38-19-29(3,4)35(32)28-22-13-9-8-12-21(22)17-34(7)25-15-11-10-14-23(25)27(28)31/h8-15,18,20,24H,16-17,19,31-32H2,1-7H3,(H,33,37)/b28-27-. The summed E-state index contributed by atoms with van der Waals surface area (Å²) in [6.45, 7) is 12.4. The van der Waals surface area contributed by atoms with Crippen LogP contribution in [0.4, 0.5) is 5.69 Å². The Balaban J connectivity index is 1.88. The molecule has 0 aromatic heterocycles. The highest BCUT2D eigenvalue weighted by molar-refractivity contribution is 5.93. The minimum atomic E-state index is -0.777. The smallest absolute Gasteiger partial charge is 0.223 e. The molecule has 38 heavy (non-hydrogen) atoms. The fraction of sp³-hybridized carbons (Fsp3) is 0.467. The van der Waals surface area contributed by atoms with Crippen molar-refractivity contribution in [2.45, 2.75) is 71.7 Å². The van der Waals surface area contributed by atoms with Gasteiger partial charge >= 0.3 is 0 Å². The Bertz CT molecular complexity index is 1190. The van der Waals surface area contributed by atoms with Crippen LogP contribution in [0.3, 0.4) is 0 Å². The van der Waals surface area contributed by atoms with Crippen LogP contribution in [0, 0.1) is 5.92 Å². The number of aldehydes is 1. The van der Waals surface area contributed by atoms with Crippen molar-refractivity contribution in [2.75, 3.05) is 18.6 Å². The highest BCUT2D eigenvalue weighted by Gasteiger charge is 2.34. The van der Waals surface area contributed by atoms with Gasteiger partial charge in [-0.25, -0.2) is 5.84 Å². The van der Waals surface area contributed by atoms with Gasteiger partial charge in [0.25, 0.3) is 0 Å². The molecule has 0 radical (unpaired) electrons. The van der Waals surface area contributed by atoms with Crippen molar-refractivity contribution in [3.8, 4) is 0 Å². The molecule has 0 fully saturated rings. The summed E-state index contributed by atoms with van der Waals surface area (Å²) in [4.78, 5) is 26.1. The summed E-state index contributed by atoms with van der Waals surface area (Å²) in [5, 5.41) is 4.48. The van der Waals surface area contributed by atoms with Crippen LogP contribution in [0.5, 0.6) is 0 Å². The minimum absolute atomic E-state index is 0.0144. The van der Waals surface area contributed by atoms with E-state index in [-0.39, 0.29) is 24.9 Å². The van der Waals surface area contributed by atoms with Crippen LogP contribution in [-0.2, 0) is 20.9 Å². The molecule has 2 aromatic carbocycles. The van der Waals surface area contributed by atoms with Gasteiger partial charge in [0, 0.05) is 30.4 Å². The molecule has 1 amide bonds. The number of para-hydroxylation sites is 1. The predicted octanol–water partition coefficient (Wildman–Crippen LogP) is 3.90. The summed E-state index contributed by atoms with van der Waals surface area (Å²) in [6, 6.07) is 15.7. The van der Waals surface area contributed by atoms with E-state index in [0.29, 0.717) is 12.2 Å². The minimum Gasteiger partial charge on any atom is -0.396 e. The summed E-state index contributed by atoms with van der Waals surface area (Å²) < 4.78 is 6.28. The molecule has 8 heteroatoms. The number of hydrogen-bond acceptors (Lipinski definition) is 7. The maximum Gasteiger partial charge on any atom is 0.223 e.